The second-order valence-corrected chi connectivity index (χ2v) is 11.9. The van der Waals surface area contributed by atoms with Gasteiger partial charge in [0.2, 0.25) is 0 Å². The van der Waals surface area contributed by atoms with E-state index in [2.05, 4.69) is 17.0 Å². The number of carbonyl (C=O) groups is 2. The summed E-state index contributed by atoms with van der Waals surface area (Å²) in [6.45, 7) is 4.69. The number of urea groups is 1. The smallest absolute Gasteiger partial charge is 0.357 e. The second-order valence-electron chi connectivity index (χ2n) is 9.41. The van der Waals surface area contributed by atoms with Crippen LogP contribution in [0, 0.1) is 0 Å². The van der Waals surface area contributed by atoms with Crippen LogP contribution in [0.3, 0.4) is 0 Å². The van der Waals surface area contributed by atoms with Crippen LogP contribution in [-0.4, -0.2) is 42.8 Å². The van der Waals surface area contributed by atoms with Gasteiger partial charge >= 0.3 is 12.0 Å². The van der Waals surface area contributed by atoms with E-state index in [4.69, 9.17) is 9.72 Å². The van der Waals surface area contributed by atoms with Gasteiger partial charge < -0.3 is 14.6 Å². The number of carbonyl (C=O) groups excluding carboxylic acids is 2. The third-order valence-corrected chi connectivity index (χ3v) is 8.52. The number of ether oxygens (including phenoxy) is 1. The number of benzene rings is 3. The van der Waals surface area contributed by atoms with E-state index < -0.39 is 22.0 Å². The van der Waals surface area contributed by atoms with E-state index in [1.807, 2.05) is 65.4 Å². The average Bonchev–Trinajstić information content (AvgIpc) is 3.34. The molecule has 0 fully saturated rings. The molecule has 0 aliphatic heterocycles. The van der Waals surface area contributed by atoms with Gasteiger partial charge in [0.15, 0.2) is 5.69 Å². The molecule has 2 N–H and O–H groups in total. The second kappa shape index (κ2) is 14.2. The molecule has 42 heavy (non-hydrogen) atoms. The van der Waals surface area contributed by atoms with Gasteiger partial charge in [-0.2, -0.15) is 0 Å². The number of imidazole rings is 1. The van der Waals surface area contributed by atoms with Crippen molar-refractivity contribution in [1.82, 2.24) is 19.6 Å². The highest BCUT2D eigenvalue weighted by molar-refractivity contribution is 7.98. The fraction of sp³-hybridized carbons (Fsp3) is 0.258. The van der Waals surface area contributed by atoms with Crippen LogP contribution in [0.15, 0.2) is 88.8 Å². The molecule has 0 spiro atoms. The van der Waals surface area contributed by atoms with Crippen molar-refractivity contribution in [3.05, 3.63) is 102 Å². The van der Waals surface area contributed by atoms with Gasteiger partial charge in [0, 0.05) is 25.1 Å². The topological polar surface area (TPSA) is 119 Å². The molecule has 3 aromatic carbocycles. The summed E-state index contributed by atoms with van der Waals surface area (Å²) < 4.78 is 35.8. The fourth-order valence-electron chi connectivity index (χ4n) is 4.50. The SMILES string of the molecule is CCCc1nc(SC)c(C(=O)OCC)n1Cc1ccc(-c2ccccc2S(=O)(=O)NC(=O)NCc2ccccc2)cc1. The molecule has 4 aromatic rings. The van der Waals surface area contributed by atoms with Crippen LogP contribution in [0.25, 0.3) is 11.1 Å². The maximum Gasteiger partial charge on any atom is 0.357 e. The Hall–Kier alpha value is -4.09. The monoisotopic (exact) mass is 606 g/mol. The summed E-state index contributed by atoms with van der Waals surface area (Å²) in [5, 5.41) is 3.22. The molecule has 0 saturated carbocycles. The predicted molar refractivity (Wildman–Crippen MR) is 164 cm³/mol. The van der Waals surface area contributed by atoms with E-state index in [0.29, 0.717) is 34.8 Å². The number of hydrogen-bond acceptors (Lipinski definition) is 7. The lowest BCUT2D eigenvalue weighted by Gasteiger charge is -2.14. The Labute approximate surface area is 250 Å². The van der Waals surface area contributed by atoms with E-state index in [9.17, 15) is 18.0 Å². The molecule has 11 heteroatoms. The van der Waals surface area contributed by atoms with Crippen LogP contribution >= 0.6 is 11.8 Å². The zero-order valence-electron chi connectivity index (χ0n) is 23.8. The Morgan fingerprint density at radius 3 is 2.29 bits per heavy atom. The molecule has 220 valence electrons. The summed E-state index contributed by atoms with van der Waals surface area (Å²) >= 11 is 1.41. The molecule has 2 amide bonds. The molecule has 0 aliphatic rings. The summed E-state index contributed by atoms with van der Waals surface area (Å²) in [4.78, 5) is 29.9. The van der Waals surface area contributed by atoms with Crippen LogP contribution in [0.2, 0.25) is 0 Å². The molecule has 1 aromatic heterocycles. The molecule has 9 nitrogen and oxygen atoms in total. The summed E-state index contributed by atoms with van der Waals surface area (Å²) in [6, 6.07) is 22.4. The molecular formula is C31H34N4O5S2. The molecular weight excluding hydrogens is 572 g/mol. The minimum atomic E-state index is -4.16. The standard InChI is InChI=1S/C31H34N4O5S2/c1-4-11-27-33-29(41-3)28(30(36)40-5-2)35(27)21-23-16-18-24(19-17-23)25-14-9-10-15-26(25)42(38,39)34-31(37)32-20-22-12-7-6-8-13-22/h6-10,12-19H,4-5,11,20-21H2,1-3H3,(H2,32,34,37). The summed E-state index contributed by atoms with van der Waals surface area (Å²) in [6.07, 6.45) is 3.46. The van der Waals surface area contributed by atoms with Gasteiger partial charge in [-0.15, -0.1) is 11.8 Å². The van der Waals surface area contributed by atoms with Crippen molar-refractivity contribution in [2.75, 3.05) is 12.9 Å². The third-order valence-electron chi connectivity index (χ3n) is 6.46. The van der Waals surface area contributed by atoms with Crippen LogP contribution in [-0.2, 0) is 34.3 Å². The van der Waals surface area contributed by atoms with Crippen LogP contribution in [0.5, 0.6) is 0 Å². The van der Waals surface area contributed by atoms with Crippen molar-refractivity contribution in [2.24, 2.45) is 0 Å². The number of aryl methyl sites for hydroxylation is 1. The number of rotatable bonds is 12. The molecule has 0 aliphatic carbocycles. The highest BCUT2D eigenvalue weighted by atomic mass is 32.2. The molecule has 0 unspecified atom stereocenters. The summed E-state index contributed by atoms with van der Waals surface area (Å²) in [5.74, 6) is 0.398. The number of nitrogens with one attached hydrogen (secondary N) is 2. The van der Waals surface area contributed by atoms with Crippen LogP contribution in [0.4, 0.5) is 4.79 Å². The first-order valence-corrected chi connectivity index (χ1v) is 16.3. The van der Waals surface area contributed by atoms with Gasteiger partial charge in [-0.3, -0.25) is 0 Å². The van der Waals surface area contributed by atoms with Crippen molar-refractivity contribution >= 4 is 33.8 Å². The van der Waals surface area contributed by atoms with E-state index in [1.54, 1.807) is 25.1 Å². The number of aromatic nitrogens is 2. The van der Waals surface area contributed by atoms with E-state index in [1.165, 1.54) is 17.8 Å². The summed E-state index contributed by atoms with van der Waals surface area (Å²) in [7, 11) is -4.16. The fourth-order valence-corrected chi connectivity index (χ4v) is 6.25. The first-order valence-electron chi connectivity index (χ1n) is 13.6. The van der Waals surface area contributed by atoms with Gasteiger partial charge in [-0.05, 0) is 42.4 Å². The summed E-state index contributed by atoms with van der Waals surface area (Å²) in [5.41, 5.74) is 3.32. The highest BCUT2D eigenvalue weighted by Crippen LogP contribution is 2.29. The van der Waals surface area contributed by atoms with Crippen LogP contribution < -0.4 is 10.0 Å². The van der Waals surface area contributed by atoms with Gasteiger partial charge in [0.1, 0.15) is 10.9 Å². The normalized spacial score (nSPS) is 11.2. The largest absolute Gasteiger partial charge is 0.461 e. The highest BCUT2D eigenvalue weighted by Gasteiger charge is 2.24. The van der Waals surface area contributed by atoms with Crippen molar-refractivity contribution in [3.63, 3.8) is 0 Å². The van der Waals surface area contributed by atoms with Gasteiger partial charge in [-0.25, -0.2) is 27.7 Å². The minimum Gasteiger partial charge on any atom is -0.461 e. The van der Waals surface area contributed by atoms with Gasteiger partial charge in [0.05, 0.1) is 11.5 Å². The van der Waals surface area contributed by atoms with Crippen molar-refractivity contribution in [2.45, 2.75) is 49.7 Å². The zero-order valence-corrected chi connectivity index (χ0v) is 25.4. The Bertz CT molecular complexity index is 1640. The number of hydrogen-bond donors (Lipinski definition) is 2. The number of sulfonamides is 1. The van der Waals surface area contributed by atoms with Gasteiger partial charge in [-0.1, -0.05) is 79.7 Å². The Morgan fingerprint density at radius 1 is 0.929 bits per heavy atom. The number of nitrogens with zero attached hydrogens (tertiary/aromatic N) is 2. The van der Waals surface area contributed by atoms with E-state index >= 15 is 0 Å². The minimum absolute atomic E-state index is 0.0123. The number of thioether (sulfide) groups is 1. The molecule has 0 bridgehead atoms. The molecule has 0 atom stereocenters. The maximum absolute atomic E-state index is 13.2. The number of esters is 1. The molecule has 0 saturated heterocycles. The van der Waals surface area contributed by atoms with Crippen LogP contribution in [0.1, 0.15) is 47.7 Å². The average molecular weight is 607 g/mol. The number of amides is 2. The first-order chi connectivity index (χ1) is 20.3. The Kier molecular flexibility index (Phi) is 10.4. The first kappa shape index (κ1) is 30.9. The van der Waals surface area contributed by atoms with E-state index in [-0.39, 0.29) is 18.0 Å². The third kappa shape index (κ3) is 7.40. The van der Waals surface area contributed by atoms with E-state index in [0.717, 1.165) is 23.4 Å². The molecule has 4 rings (SSSR count). The lowest BCUT2D eigenvalue weighted by atomic mass is 10.0. The Morgan fingerprint density at radius 2 is 1.62 bits per heavy atom. The lowest BCUT2D eigenvalue weighted by Crippen LogP contribution is -2.39. The molecule has 0 radical (unpaired) electrons. The zero-order chi connectivity index (χ0) is 30.1. The van der Waals surface area contributed by atoms with Crippen molar-refractivity contribution in [1.29, 1.82) is 0 Å². The van der Waals surface area contributed by atoms with Gasteiger partial charge in [0.25, 0.3) is 10.0 Å². The quantitative estimate of drug-likeness (QED) is 0.158. The van der Waals surface area contributed by atoms with Crippen molar-refractivity contribution < 1.29 is 22.7 Å². The van der Waals surface area contributed by atoms with Crippen molar-refractivity contribution in [3.8, 4) is 11.1 Å². The molecule has 1 heterocycles. The Balaban J connectivity index is 1.56. The lowest BCUT2D eigenvalue weighted by molar-refractivity contribution is 0.0509. The maximum atomic E-state index is 13.2. The predicted octanol–water partition coefficient (Wildman–Crippen LogP) is 5.64.